The van der Waals surface area contributed by atoms with Crippen molar-refractivity contribution in [1.29, 1.82) is 0 Å². The molecule has 2 heterocycles. The third kappa shape index (κ3) is 1.95. The number of imidazole rings is 1. The van der Waals surface area contributed by atoms with Crippen LogP contribution >= 0.6 is 0 Å². The van der Waals surface area contributed by atoms with E-state index in [1.54, 1.807) is 13.3 Å². The summed E-state index contributed by atoms with van der Waals surface area (Å²) in [6, 6.07) is 6.47. The molecule has 4 nitrogen and oxygen atoms in total. The molecule has 0 radical (unpaired) electrons. The molecule has 19 heavy (non-hydrogen) atoms. The van der Waals surface area contributed by atoms with Gasteiger partial charge in [0.1, 0.15) is 0 Å². The van der Waals surface area contributed by atoms with Gasteiger partial charge in [-0.2, -0.15) is 0 Å². The van der Waals surface area contributed by atoms with Gasteiger partial charge >= 0.3 is 0 Å². The average Bonchev–Trinajstić information content (AvgIpc) is 2.81. The molecule has 0 aliphatic heterocycles. The zero-order chi connectivity index (χ0) is 13.4. The first-order chi connectivity index (χ1) is 9.19. The van der Waals surface area contributed by atoms with Gasteiger partial charge in [0, 0.05) is 18.0 Å². The maximum absolute atomic E-state index is 5.23. The van der Waals surface area contributed by atoms with Crippen molar-refractivity contribution in [2.24, 2.45) is 0 Å². The van der Waals surface area contributed by atoms with Gasteiger partial charge in [-0.3, -0.25) is 4.40 Å². The minimum atomic E-state index is 0.540. The number of ether oxygens (including phenoxy) is 1. The fraction of sp³-hybridized carbons (Fsp3) is 0.200. The van der Waals surface area contributed by atoms with E-state index in [4.69, 9.17) is 4.74 Å². The maximum Gasteiger partial charge on any atom is 0.258 e. The smallest absolute Gasteiger partial charge is 0.258 e. The summed E-state index contributed by atoms with van der Waals surface area (Å²) >= 11 is 0. The molecule has 0 atom stereocenters. The van der Waals surface area contributed by atoms with Gasteiger partial charge in [-0.1, -0.05) is 17.2 Å². The lowest BCUT2D eigenvalue weighted by Crippen LogP contribution is -1.95. The van der Waals surface area contributed by atoms with Crippen molar-refractivity contribution in [3.05, 3.63) is 47.9 Å². The van der Waals surface area contributed by atoms with Crippen LogP contribution in [0.25, 0.3) is 16.9 Å². The maximum atomic E-state index is 5.23. The minimum Gasteiger partial charge on any atom is -0.478 e. The van der Waals surface area contributed by atoms with E-state index in [1.165, 1.54) is 11.1 Å². The van der Waals surface area contributed by atoms with E-state index in [1.807, 2.05) is 16.8 Å². The Morgan fingerprint density at radius 2 is 1.79 bits per heavy atom. The Balaban J connectivity index is 2.26. The molecule has 2 aromatic heterocycles. The molecule has 0 aliphatic carbocycles. The van der Waals surface area contributed by atoms with Gasteiger partial charge in [-0.15, -0.1) is 0 Å². The summed E-state index contributed by atoms with van der Waals surface area (Å²) in [5.74, 6) is 0.540. The second-order valence-electron chi connectivity index (χ2n) is 4.65. The molecule has 0 bridgehead atoms. The van der Waals surface area contributed by atoms with Gasteiger partial charge in [0.2, 0.25) is 5.65 Å². The average molecular weight is 253 g/mol. The van der Waals surface area contributed by atoms with Crippen LogP contribution in [0.1, 0.15) is 11.1 Å². The Morgan fingerprint density at radius 3 is 2.47 bits per heavy atom. The molecule has 0 saturated carbocycles. The largest absolute Gasteiger partial charge is 0.478 e. The van der Waals surface area contributed by atoms with Crippen molar-refractivity contribution >= 4 is 5.65 Å². The molecule has 3 rings (SSSR count). The third-order valence-corrected chi connectivity index (χ3v) is 3.11. The van der Waals surface area contributed by atoms with Crippen molar-refractivity contribution in [2.75, 3.05) is 7.11 Å². The number of benzene rings is 1. The van der Waals surface area contributed by atoms with Gasteiger partial charge in [0.25, 0.3) is 5.88 Å². The highest BCUT2D eigenvalue weighted by atomic mass is 16.5. The lowest BCUT2D eigenvalue weighted by atomic mass is 10.1. The first-order valence-corrected chi connectivity index (χ1v) is 6.14. The van der Waals surface area contributed by atoms with E-state index in [2.05, 4.69) is 42.0 Å². The number of rotatable bonds is 2. The van der Waals surface area contributed by atoms with Gasteiger partial charge in [-0.05, 0) is 26.0 Å². The van der Waals surface area contributed by atoms with E-state index in [-0.39, 0.29) is 0 Å². The van der Waals surface area contributed by atoms with Crippen LogP contribution < -0.4 is 4.74 Å². The number of fused-ring (bicyclic) bond motifs is 1. The first kappa shape index (κ1) is 11.7. The van der Waals surface area contributed by atoms with Crippen LogP contribution in [0.3, 0.4) is 0 Å². The van der Waals surface area contributed by atoms with Crippen LogP contribution in [0.5, 0.6) is 5.88 Å². The van der Waals surface area contributed by atoms with E-state index >= 15 is 0 Å². The molecule has 1 aromatic carbocycles. The fourth-order valence-electron chi connectivity index (χ4n) is 2.38. The second-order valence-corrected chi connectivity index (χ2v) is 4.65. The van der Waals surface area contributed by atoms with Crippen LogP contribution in [0.15, 0.2) is 36.8 Å². The quantitative estimate of drug-likeness (QED) is 0.704. The van der Waals surface area contributed by atoms with E-state index < -0.39 is 0 Å². The number of hydrogen-bond acceptors (Lipinski definition) is 3. The number of aryl methyl sites for hydroxylation is 2. The summed E-state index contributed by atoms with van der Waals surface area (Å²) in [7, 11) is 1.60. The van der Waals surface area contributed by atoms with Gasteiger partial charge < -0.3 is 4.74 Å². The monoisotopic (exact) mass is 253 g/mol. The minimum absolute atomic E-state index is 0.540. The molecule has 0 spiro atoms. The first-order valence-electron chi connectivity index (χ1n) is 6.14. The lowest BCUT2D eigenvalue weighted by Gasteiger charge is -2.06. The number of methoxy groups -OCH3 is 1. The van der Waals surface area contributed by atoms with Gasteiger partial charge in [-0.25, -0.2) is 9.97 Å². The summed E-state index contributed by atoms with van der Waals surface area (Å²) < 4.78 is 7.23. The Labute approximate surface area is 111 Å². The third-order valence-electron chi connectivity index (χ3n) is 3.11. The van der Waals surface area contributed by atoms with Crippen LogP contribution in [0.2, 0.25) is 0 Å². The summed E-state index contributed by atoms with van der Waals surface area (Å²) in [5.41, 5.74) is 5.41. The number of nitrogens with zero attached hydrogens (tertiary/aromatic N) is 3. The van der Waals surface area contributed by atoms with Crippen molar-refractivity contribution in [3.8, 4) is 17.1 Å². The Bertz CT molecular complexity index is 726. The van der Waals surface area contributed by atoms with Crippen LogP contribution in [-0.2, 0) is 0 Å². The molecule has 0 fully saturated rings. The Hall–Kier alpha value is -2.36. The van der Waals surface area contributed by atoms with E-state index in [0.717, 1.165) is 16.9 Å². The van der Waals surface area contributed by atoms with Crippen molar-refractivity contribution in [2.45, 2.75) is 13.8 Å². The van der Waals surface area contributed by atoms with Gasteiger partial charge in [0.05, 0.1) is 19.0 Å². The summed E-state index contributed by atoms with van der Waals surface area (Å²) in [5, 5.41) is 0. The summed E-state index contributed by atoms with van der Waals surface area (Å²) in [6.45, 7) is 4.20. The Morgan fingerprint density at radius 1 is 1.05 bits per heavy atom. The molecule has 3 aromatic rings. The Kier molecular flexibility index (Phi) is 2.71. The normalized spacial score (nSPS) is 10.9. The zero-order valence-corrected chi connectivity index (χ0v) is 11.2. The molecular formula is C15H15N3O. The van der Waals surface area contributed by atoms with Gasteiger partial charge in [0.15, 0.2) is 0 Å². The highest BCUT2D eigenvalue weighted by molar-refractivity contribution is 5.67. The SMILES string of the molecule is COc1nccn2c(-c3cc(C)cc(C)c3)cnc12. The lowest BCUT2D eigenvalue weighted by molar-refractivity contribution is 0.400. The highest BCUT2D eigenvalue weighted by Gasteiger charge is 2.10. The van der Waals surface area contributed by atoms with Crippen LogP contribution in [0, 0.1) is 13.8 Å². The molecule has 0 saturated heterocycles. The molecule has 96 valence electrons. The zero-order valence-electron chi connectivity index (χ0n) is 11.2. The van der Waals surface area contributed by atoms with E-state index in [0.29, 0.717) is 5.88 Å². The van der Waals surface area contributed by atoms with E-state index in [9.17, 15) is 0 Å². The molecule has 0 N–H and O–H groups in total. The standard InChI is InChI=1S/C15H15N3O/c1-10-6-11(2)8-12(7-10)13-9-17-14-15(19-3)16-4-5-18(13)14/h4-9H,1-3H3. The highest BCUT2D eigenvalue weighted by Crippen LogP contribution is 2.25. The van der Waals surface area contributed by atoms with Crippen molar-refractivity contribution < 1.29 is 4.74 Å². The molecule has 0 amide bonds. The summed E-state index contributed by atoms with van der Waals surface area (Å²) in [6.07, 6.45) is 5.48. The van der Waals surface area contributed by atoms with Crippen molar-refractivity contribution in [1.82, 2.24) is 14.4 Å². The molecule has 0 aliphatic rings. The predicted octanol–water partition coefficient (Wildman–Crippen LogP) is 3.02. The molecule has 4 heteroatoms. The fourth-order valence-corrected chi connectivity index (χ4v) is 2.38. The molecule has 0 unspecified atom stereocenters. The van der Waals surface area contributed by atoms with Crippen LogP contribution in [-0.4, -0.2) is 21.5 Å². The number of aromatic nitrogens is 3. The summed E-state index contributed by atoms with van der Waals surface area (Å²) in [4.78, 5) is 8.56. The molecular weight excluding hydrogens is 238 g/mol. The van der Waals surface area contributed by atoms with Crippen molar-refractivity contribution in [3.63, 3.8) is 0 Å². The number of hydrogen-bond donors (Lipinski definition) is 0. The topological polar surface area (TPSA) is 39.4 Å². The second kappa shape index (κ2) is 4.39. The predicted molar refractivity (Wildman–Crippen MR) is 74.4 cm³/mol. The van der Waals surface area contributed by atoms with Crippen LogP contribution in [0.4, 0.5) is 0 Å².